The van der Waals surface area contributed by atoms with Gasteiger partial charge in [0, 0.05) is 31.1 Å². The van der Waals surface area contributed by atoms with Crippen molar-refractivity contribution in [2.75, 3.05) is 26.7 Å². The van der Waals surface area contributed by atoms with Crippen LogP contribution in [0.25, 0.3) is 0 Å². The Morgan fingerprint density at radius 2 is 1.55 bits per heavy atom. The van der Waals surface area contributed by atoms with Gasteiger partial charge in [-0.25, -0.2) is 0 Å². The van der Waals surface area contributed by atoms with E-state index in [-0.39, 0.29) is 49.6 Å². The summed E-state index contributed by atoms with van der Waals surface area (Å²) in [4.78, 5) is 74.1. The number of hydrogen-bond donors (Lipinski definition) is 7. The van der Waals surface area contributed by atoms with Gasteiger partial charge in [-0.1, -0.05) is 6.07 Å². The van der Waals surface area contributed by atoms with Crippen LogP contribution in [-0.4, -0.2) is 123 Å². The van der Waals surface area contributed by atoms with Gasteiger partial charge in [0.15, 0.2) is 17.6 Å². The number of phenols is 1. The van der Waals surface area contributed by atoms with Gasteiger partial charge < -0.3 is 50.4 Å². The standard InChI is InChI=1S/C32H41N3O14/c1-16-4-5-18(36)27-26(16)31-10-13-35(3)17(2)32(31,49-25(44)8-12-34-30(46)20(38)15-23(41)42)9-6-21(28(31)48-27)47-24(43)7-11-33-29(45)19(37)14-22(39)40/h4-6,17,19-20,28,36-38H,7-15H2,1-3H3,(H,33,45)(H,34,46)(H,39,40)(H,41,42)/t17-,19+,20+,28+,31+,32-/m1/s1. The van der Waals surface area contributed by atoms with E-state index >= 15 is 0 Å². The number of nitrogens with one attached hydrogen (secondary N) is 2. The Hall–Kier alpha value is -4.74. The Kier molecular flexibility index (Phi) is 11.2. The van der Waals surface area contributed by atoms with Gasteiger partial charge in [0.05, 0.1) is 31.1 Å². The van der Waals surface area contributed by atoms with E-state index in [1.807, 2.05) is 25.8 Å². The molecule has 1 aromatic rings. The zero-order valence-corrected chi connectivity index (χ0v) is 27.3. The van der Waals surface area contributed by atoms with E-state index in [0.717, 1.165) is 5.56 Å². The SMILES string of the molecule is Cc1ccc(O)c2c1[C@]13CCN(C)[C@H](C)[C@]1(OC(=O)CCNC(=O)[C@@H](O)CC(=O)O)CC=C(OC(=O)CCNC(=O)[C@@H](O)CC(=O)O)[C@@H]3O2. The Labute approximate surface area is 280 Å². The summed E-state index contributed by atoms with van der Waals surface area (Å²) in [5.74, 6) is -6.08. The minimum absolute atomic E-state index is 0.0447. The number of fused-ring (bicyclic) bond motifs is 1. The van der Waals surface area contributed by atoms with Crippen LogP contribution in [-0.2, 0) is 43.7 Å². The number of carbonyl (C=O) groups is 6. The van der Waals surface area contributed by atoms with Crippen molar-refractivity contribution in [2.24, 2.45) is 0 Å². The zero-order chi connectivity index (χ0) is 36.3. The highest BCUT2D eigenvalue weighted by Gasteiger charge is 2.71. The number of aryl methyl sites for hydroxylation is 1. The molecule has 0 aromatic heterocycles. The van der Waals surface area contributed by atoms with Crippen LogP contribution < -0.4 is 15.4 Å². The molecule has 2 heterocycles. The number of ether oxygens (including phenoxy) is 3. The van der Waals surface area contributed by atoms with Gasteiger partial charge in [0.1, 0.15) is 23.6 Å². The van der Waals surface area contributed by atoms with Crippen LogP contribution in [0.4, 0.5) is 0 Å². The van der Waals surface area contributed by atoms with E-state index in [0.29, 0.717) is 18.5 Å². The second kappa shape index (κ2) is 14.8. The topological polar surface area (TPSA) is 259 Å². The number of likely N-dealkylation sites (tertiary alicyclic amines) is 1. The van der Waals surface area contributed by atoms with Crippen molar-refractivity contribution in [1.82, 2.24) is 15.5 Å². The number of nitrogens with zero attached hydrogens (tertiary/aromatic N) is 1. The normalized spacial score (nSPS) is 25.2. The molecule has 0 bridgehead atoms. The number of carboxylic acids is 2. The summed E-state index contributed by atoms with van der Waals surface area (Å²) in [6.45, 7) is 3.68. The lowest BCUT2D eigenvalue weighted by atomic mass is 9.54. The first kappa shape index (κ1) is 37.1. The van der Waals surface area contributed by atoms with E-state index in [4.69, 9.17) is 24.4 Å². The maximum absolute atomic E-state index is 13.5. The highest BCUT2D eigenvalue weighted by Crippen LogP contribution is 2.63. The maximum Gasteiger partial charge on any atom is 0.312 e. The van der Waals surface area contributed by atoms with Crippen molar-refractivity contribution in [3.05, 3.63) is 35.1 Å². The van der Waals surface area contributed by atoms with Gasteiger partial charge in [-0.3, -0.25) is 33.7 Å². The molecule has 1 fully saturated rings. The number of esters is 2. The number of rotatable bonds is 14. The summed E-state index contributed by atoms with van der Waals surface area (Å²) < 4.78 is 18.5. The molecule has 0 saturated carbocycles. The molecule has 49 heavy (non-hydrogen) atoms. The van der Waals surface area contributed by atoms with E-state index in [1.54, 1.807) is 12.1 Å². The first-order chi connectivity index (χ1) is 23.0. The third-order valence-corrected chi connectivity index (χ3v) is 9.42. The minimum Gasteiger partial charge on any atom is -0.504 e. The molecular formula is C32H41N3O14. The Balaban J connectivity index is 1.60. The lowest BCUT2D eigenvalue weighted by Crippen LogP contribution is -2.73. The van der Waals surface area contributed by atoms with E-state index in [1.165, 1.54) is 6.07 Å². The predicted molar refractivity (Wildman–Crippen MR) is 165 cm³/mol. The zero-order valence-electron chi connectivity index (χ0n) is 27.3. The number of aliphatic carboxylic acids is 2. The smallest absolute Gasteiger partial charge is 0.312 e. The second-order valence-electron chi connectivity index (χ2n) is 12.4. The molecule has 1 aromatic carbocycles. The molecule has 17 nitrogen and oxygen atoms in total. The van der Waals surface area contributed by atoms with Gasteiger partial charge in [-0.2, -0.15) is 0 Å². The molecule has 1 spiro atoms. The van der Waals surface area contributed by atoms with Crippen LogP contribution in [0.2, 0.25) is 0 Å². The van der Waals surface area contributed by atoms with Crippen molar-refractivity contribution in [1.29, 1.82) is 0 Å². The summed E-state index contributed by atoms with van der Waals surface area (Å²) in [7, 11) is 1.86. The second-order valence-corrected chi connectivity index (χ2v) is 12.4. The molecule has 268 valence electrons. The van der Waals surface area contributed by atoms with Gasteiger partial charge in [-0.05, 0) is 51.6 Å². The summed E-state index contributed by atoms with van der Waals surface area (Å²) in [5, 5.41) is 52.5. The quantitative estimate of drug-likeness (QED) is 0.118. The van der Waals surface area contributed by atoms with Crippen LogP contribution in [0.5, 0.6) is 11.5 Å². The monoisotopic (exact) mass is 691 g/mol. The molecule has 7 N–H and O–H groups in total. The number of piperidine rings is 1. The number of carboxylic acid groups (broad SMARTS) is 2. The summed E-state index contributed by atoms with van der Waals surface area (Å²) >= 11 is 0. The largest absolute Gasteiger partial charge is 0.504 e. The fraction of sp³-hybridized carbons (Fsp3) is 0.562. The number of phenolic OH excluding ortho intramolecular Hbond substituents is 1. The lowest BCUT2D eigenvalue weighted by Gasteiger charge is -2.59. The van der Waals surface area contributed by atoms with Crippen LogP contribution >= 0.6 is 0 Å². The molecule has 3 aliphatic rings. The number of carbonyl (C=O) groups excluding carboxylic acids is 4. The van der Waals surface area contributed by atoms with E-state index < -0.39 is 83.9 Å². The van der Waals surface area contributed by atoms with Gasteiger partial charge >= 0.3 is 23.9 Å². The van der Waals surface area contributed by atoms with Gasteiger partial charge in [0.2, 0.25) is 11.8 Å². The summed E-state index contributed by atoms with van der Waals surface area (Å²) in [5.41, 5.74) is -1.21. The van der Waals surface area contributed by atoms with Gasteiger partial charge in [-0.15, -0.1) is 0 Å². The highest BCUT2D eigenvalue weighted by atomic mass is 16.6. The third kappa shape index (κ3) is 7.33. The molecule has 2 amide bonds. The fourth-order valence-corrected chi connectivity index (χ4v) is 6.96. The molecular weight excluding hydrogens is 650 g/mol. The number of aromatic hydroxyl groups is 1. The molecule has 1 aliphatic carbocycles. The number of likely N-dealkylation sites (N-methyl/N-ethyl adjacent to an activating group) is 1. The Morgan fingerprint density at radius 3 is 2.12 bits per heavy atom. The molecule has 6 atom stereocenters. The van der Waals surface area contributed by atoms with Crippen LogP contribution in [0.15, 0.2) is 24.0 Å². The van der Waals surface area contributed by atoms with E-state index in [2.05, 4.69) is 10.6 Å². The van der Waals surface area contributed by atoms with Crippen molar-refractivity contribution < 1.29 is 68.5 Å². The predicted octanol–water partition coefficient (Wildman–Crippen LogP) is -0.780. The average Bonchev–Trinajstić information content (AvgIpc) is 3.39. The number of amides is 2. The molecule has 2 aliphatic heterocycles. The summed E-state index contributed by atoms with van der Waals surface area (Å²) in [6.07, 6.45) is -4.95. The van der Waals surface area contributed by atoms with Crippen molar-refractivity contribution in [3.8, 4) is 11.5 Å². The number of hydrogen-bond acceptors (Lipinski definition) is 13. The first-order valence-corrected chi connectivity index (χ1v) is 15.7. The number of benzene rings is 1. The Bertz CT molecular complexity index is 1540. The molecule has 1 saturated heterocycles. The van der Waals surface area contributed by atoms with Crippen molar-refractivity contribution >= 4 is 35.7 Å². The van der Waals surface area contributed by atoms with Crippen LogP contribution in [0.1, 0.15) is 56.6 Å². The van der Waals surface area contributed by atoms with E-state index in [9.17, 15) is 44.1 Å². The Morgan fingerprint density at radius 1 is 0.980 bits per heavy atom. The lowest BCUT2D eigenvalue weighted by molar-refractivity contribution is -0.201. The van der Waals surface area contributed by atoms with Crippen LogP contribution in [0, 0.1) is 6.92 Å². The van der Waals surface area contributed by atoms with Crippen LogP contribution in [0.3, 0.4) is 0 Å². The number of aliphatic hydroxyl groups is 2. The maximum atomic E-state index is 13.5. The first-order valence-electron chi connectivity index (χ1n) is 15.7. The molecule has 0 radical (unpaired) electrons. The average molecular weight is 692 g/mol. The molecule has 0 unspecified atom stereocenters. The van der Waals surface area contributed by atoms with Crippen molar-refractivity contribution in [2.45, 2.75) is 87.7 Å². The number of aliphatic hydroxyl groups excluding tert-OH is 2. The fourth-order valence-electron chi connectivity index (χ4n) is 6.96. The van der Waals surface area contributed by atoms with Crippen molar-refractivity contribution in [3.63, 3.8) is 0 Å². The minimum atomic E-state index is -1.80. The third-order valence-electron chi connectivity index (χ3n) is 9.42. The summed E-state index contributed by atoms with van der Waals surface area (Å²) in [6, 6.07) is 2.72. The highest BCUT2D eigenvalue weighted by molar-refractivity contribution is 5.86. The van der Waals surface area contributed by atoms with Gasteiger partial charge in [0.25, 0.3) is 0 Å². The molecule has 17 heteroatoms. The molecule has 4 rings (SSSR count).